The molecule has 98 valence electrons. The summed E-state index contributed by atoms with van der Waals surface area (Å²) in [5, 5.41) is 6.80. The highest BCUT2D eigenvalue weighted by atomic mass is 33.1. The maximum Gasteiger partial charge on any atom is 0.00784 e. The molecule has 0 rings (SSSR count). The van der Waals surface area contributed by atoms with Gasteiger partial charge in [0, 0.05) is 6.54 Å². The molecule has 0 aliphatic carbocycles. The first-order valence-electron chi connectivity index (χ1n) is 6.06. The number of unbranched alkanes of at least 4 members (excludes halogenated alkanes) is 1. The summed E-state index contributed by atoms with van der Waals surface area (Å²) < 4.78 is 3.10. The Labute approximate surface area is 109 Å². The molecule has 0 heterocycles. The summed E-state index contributed by atoms with van der Waals surface area (Å²) in [5.74, 6) is 0. The van der Waals surface area contributed by atoms with E-state index in [4.69, 9.17) is 5.73 Å². The van der Waals surface area contributed by atoms with Gasteiger partial charge in [-0.05, 0) is 69.4 Å². The third-order valence-electron chi connectivity index (χ3n) is 2.21. The molecule has 0 amide bonds. The van der Waals surface area contributed by atoms with Gasteiger partial charge in [-0.1, -0.05) is 11.7 Å². The van der Waals surface area contributed by atoms with Crippen molar-refractivity contribution in [2.75, 3.05) is 39.3 Å². The maximum atomic E-state index is 5.40. The number of hydrogen-bond donors (Lipinski definition) is 5. The van der Waals surface area contributed by atoms with Gasteiger partial charge in [-0.2, -0.15) is 0 Å². The van der Waals surface area contributed by atoms with E-state index in [2.05, 4.69) is 27.0 Å². The summed E-state index contributed by atoms with van der Waals surface area (Å²) in [4.78, 5) is 0. The molecule has 0 aromatic rings. The Balaban J connectivity index is 2.83. The molecule has 0 unspecified atom stereocenters. The number of nitrogens with two attached hydrogens (primary N) is 1. The third kappa shape index (κ3) is 14.5. The lowest BCUT2D eigenvalue weighted by Gasteiger charge is -2.05. The first-order chi connectivity index (χ1) is 7.91. The van der Waals surface area contributed by atoms with Crippen molar-refractivity contribution < 1.29 is 0 Å². The normalized spacial score (nSPS) is 10.9. The van der Waals surface area contributed by atoms with E-state index >= 15 is 0 Å². The van der Waals surface area contributed by atoms with Gasteiger partial charge in [0.2, 0.25) is 0 Å². The van der Waals surface area contributed by atoms with E-state index in [1.165, 1.54) is 23.8 Å². The molecule has 0 aliphatic heterocycles. The summed E-state index contributed by atoms with van der Waals surface area (Å²) in [6, 6.07) is 0. The summed E-state index contributed by atoms with van der Waals surface area (Å²) in [7, 11) is 1.38. The Morgan fingerprint density at radius 3 is 1.94 bits per heavy atom. The van der Waals surface area contributed by atoms with Gasteiger partial charge < -0.3 is 16.4 Å². The molecular weight excluding hydrogens is 240 g/mol. The molecule has 0 aromatic carbocycles. The topological polar surface area (TPSA) is 62.1 Å². The zero-order chi connectivity index (χ0) is 11.9. The van der Waals surface area contributed by atoms with Crippen molar-refractivity contribution in [1.29, 1.82) is 0 Å². The molecule has 0 aromatic heterocycles. The molecular formula is C10H26N4S2. The minimum atomic E-state index is 0.785. The van der Waals surface area contributed by atoms with Gasteiger partial charge >= 0.3 is 0 Å². The Morgan fingerprint density at radius 1 is 0.812 bits per heavy atom. The zero-order valence-corrected chi connectivity index (χ0v) is 11.7. The molecule has 0 radical (unpaired) electrons. The standard InChI is InChI=1S/C10H26N4S2/c11-5-3-8-12-6-1-2-7-13-9-4-10-14-16-15/h12-15H,1-11H2. The first-order valence-corrected chi connectivity index (χ1v) is 7.93. The molecule has 0 saturated heterocycles. The summed E-state index contributed by atoms with van der Waals surface area (Å²) in [5.41, 5.74) is 5.40. The Kier molecular flexibility index (Phi) is 16.1. The van der Waals surface area contributed by atoms with Crippen molar-refractivity contribution in [2.24, 2.45) is 5.73 Å². The van der Waals surface area contributed by atoms with Crippen molar-refractivity contribution in [3.63, 3.8) is 0 Å². The number of hydrogen-bond acceptors (Lipinski definition) is 6. The predicted molar refractivity (Wildman–Crippen MR) is 77.8 cm³/mol. The lowest BCUT2D eigenvalue weighted by Crippen LogP contribution is -2.22. The van der Waals surface area contributed by atoms with E-state index in [-0.39, 0.29) is 0 Å². The van der Waals surface area contributed by atoms with Crippen molar-refractivity contribution in [2.45, 2.75) is 25.7 Å². The minimum absolute atomic E-state index is 0.785. The van der Waals surface area contributed by atoms with Gasteiger partial charge in [0.25, 0.3) is 0 Å². The van der Waals surface area contributed by atoms with Crippen LogP contribution in [0.3, 0.4) is 0 Å². The highest BCUT2D eigenvalue weighted by molar-refractivity contribution is 8.67. The molecule has 16 heavy (non-hydrogen) atoms. The second kappa shape index (κ2) is 15.5. The molecule has 0 aliphatic rings. The van der Waals surface area contributed by atoms with Crippen LogP contribution in [0.4, 0.5) is 0 Å². The maximum absolute atomic E-state index is 5.40. The van der Waals surface area contributed by atoms with Crippen molar-refractivity contribution in [3.8, 4) is 0 Å². The van der Waals surface area contributed by atoms with Crippen LogP contribution < -0.4 is 21.1 Å². The number of nitrogens with one attached hydrogen (secondary N) is 3. The van der Waals surface area contributed by atoms with E-state index < -0.39 is 0 Å². The molecule has 0 spiro atoms. The third-order valence-corrected chi connectivity index (χ3v) is 2.93. The van der Waals surface area contributed by atoms with Gasteiger partial charge in [0.1, 0.15) is 0 Å². The van der Waals surface area contributed by atoms with Crippen LogP contribution in [0, 0.1) is 0 Å². The highest BCUT2D eigenvalue weighted by Gasteiger charge is 1.90. The SMILES string of the molecule is NCCCNCCCCNCCCNSS. The summed E-state index contributed by atoms with van der Waals surface area (Å²) >= 11 is 4.00. The van der Waals surface area contributed by atoms with Crippen LogP contribution in [0.25, 0.3) is 0 Å². The fourth-order valence-electron chi connectivity index (χ4n) is 1.31. The fraction of sp³-hybridized carbons (Fsp3) is 1.00. The monoisotopic (exact) mass is 266 g/mol. The molecule has 6 heteroatoms. The van der Waals surface area contributed by atoms with Crippen molar-refractivity contribution in [3.05, 3.63) is 0 Å². The van der Waals surface area contributed by atoms with Gasteiger partial charge in [0.05, 0.1) is 0 Å². The van der Waals surface area contributed by atoms with Crippen molar-refractivity contribution >= 4 is 22.6 Å². The van der Waals surface area contributed by atoms with E-state index in [1.54, 1.807) is 0 Å². The number of thiol groups is 1. The second-order valence-corrected chi connectivity index (χ2v) is 4.71. The van der Waals surface area contributed by atoms with Crippen molar-refractivity contribution in [1.82, 2.24) is 15.4 Å². The minimum Gasteiger partial charge on any atom is -0.330 e. The highest BCUT2D eigenvalue weighted by Crippen LogP contribution is 1.95. The largest absolute Gasteiger partial charge is 0.330 e. The van der Waals surface area contributed by atoms with E-state index in [9.17, 15) is 0 Å². The van der Waals surface area contributed by atoms with Crippen LogP contribution in [-0.4, -0.2) is 39.3 Å². The second-order valence-electron chi connectivity index (χ2n) is 3.69. The van der Waals surface area contributed by atoms with Crippen LogP contribution in [0.2, 0.25) is 0 Å². The van der Waals surface area contributed by atoms with Crippen LogP contribution in [0.5, 0.6) is 0 Å². The van der Waals surface area contributed by atoms with Crippen LogP contribution in [0.15, 0.2) is 0 Å². The van der Waals surface area contributed by atoms with Crippen LogP contribution >= 0.6 is 22.6 Å². The fourth-order valence-corrected chi connectivity index (χ4v) is 1.82. The average molecular weight is 266 g/mol. The van der Waals surface area contributed by atoms with Gasteiger partial charge in [-0.3, -0.25) is 4.72 Å². The predicted octanol–water partition coefficient (Wildman–Crippen LogP) is 0.767. The van der Waals surface area contributed by atoms with E-state index in [1.807, 2.05) is 0 Å². The van der Waals surface area contributed by atoms with Gasteiger partial charge in [-0.15, -0.1) is 0 Å². The Morgan fingerprint density at radius 2 is 1.38 bits per heavy atom. The average Bonchev–Trinajstić information content (AvgIpc) is 2.31. The molecule has 0 saturated carbocycles. The molecule has 4 nitrogen and oxygen atoms in total. The lowest BCUT2D eigenvalue weighted by atomic mass is 10.3. The lowest BCUT2D eigenvalue weighted by molar-refractivity contribution is 0.569. The molecule has 0 fully saturated rings. The smallest absolute Gasteiger partial charge is 0.00784 e. The Hall–Kier alpha value is 0.540. The molecule has 0 atom stereocenters. The molecule has 5 N–H and O–H groups in total. The van der Waals surface area contributed by atoms with Gasteiger partial charge in [0.15, 0.2) is 0 Å². The van der Waals surface area contributed by atoms with E-state index in [0.717, 1.165) is 52.1 Å². The summed E-state index contributed by atoms with van der Waals surface area (Å²) in [6.45, 7) is 6.17. The zero-order valence-electron chi connectivity index (χ0n) is 10.0. The Bertz CT molecular complexity index is 113. The number of rotatable bonds is 13. The summed E-state index contributed by atoms with van der Waals surface area (Å²) in [6.07, 6.45) is 4.71. The first kappa shape index (κ1) is 16.5. The van der Waals surface area contributed by atoms with Gasteiger partial charge in [-0.25, -0.2) is 0 Å². The van der Waals surface area contributed by atoms with Crippen LogP contribution in [-0.2, 0) is 0 Å². The van der Waals surface area contributed by atoms with Crippen LogP contribution in [0.1, 0.15) is 25.7 Å². The molecule has 0 bridgehead atoms. The quantitative estimate of drug-likeness (QED) is 0.147. The van der Waals surface area contributed by atoms with E-state index in [0.29, 0.717) is 0 Å².